The molecule has 3 aromatic carbocycles. The topological polar surface area (TPSA) is 90.6 Å². The molecule has 1 aliphatic rings. The number of hydrogen-bond acceptors (Lipinski definition) is 4. The summed E-state index contributed by atoms with van der Waals surface area (Å²) in [5.74, 6) is -5.25. The monoisotopic (exact) mass is 558 g/mol. The van der Waals surface area contributed by atoms with Gasteiger partial charge in [-0.1, -0.05) is 47.5 Å². The lowest BCUT2D eigenvalue weighted by Gasteiger charge is -2.34. The molecule has 38 heavy (non-hydrogen) atoms. The molecule has 3 aromatic rings. The standard InChI is InChI=1S/C28H22Cl2F2N2O4/c1-3-38-18-7-4-6-16(12-18)26(35)34-15(2)28(14-33,20-11-10-17(29)13-22(20)31)23(25(34)27(36)37)19-8-5-9-21(30)24(19)32/h4-13,15,23,25H,3H2,1-2H3,(H,36,37)/t15-,23-,25+,28+/m0/s1. The van der Waals surface area contributed by atoms with Crippen molar-refractivity contribution in [1.29, 1.82) is 5.26 Å². The van der Waals surface area contributed by atoms with Crippen LogP contribution in [0.3, 0.4) is 0 Å². The van der Waals surface area contributed by atoms with Crippen LogP contribution in [-0.4, -0.2) is 40.6 Å². The molecule has 0 aliphatic carbocycles. The van der Waals surface area contributed by atoms with Crippen molar-refractivity contribution in [3.8, 4) is 11.8 Å². The summed E-state index contributed by atoms with van der Waals surface area (Å²) in [7, 11) is 0. The van der Waals surface area contributed by atoms with Crippen molar-refractivity contribution in [1.82, 2.24) is 4.90 Å². The van der Waals surface area contributed by atoms with Crippen molar-refractivity contribution in [2.75, 3.05) is 6.61 Å². The summed E-state index contributed by atoms with van der Waals surface area (Å²) in [5.41, 5.74) is -2.39. The Hall–Kier alpha value is -3.67. The number of rotatable bonds is 6. The minimum Gasteiger partial charge on any atom is -0.494 e. The van der Waals surface area contributed by atoms with Crippen molar-refractivity contribution < 1.29 is 28.2 Å². The van der Waals surface area contributed by atoms with Crippen molar-refractivity contribution in [3.63, 3.8) is 0 Å². The number of hydrogen-bond donors (Lipinski definition) is 1. The molecule has 0 bridgehead atoms. The van der Waals surface area contributed by atoms with Gasteiger partial charge in [0.25, 0.3) is 5.91 Å². The Morgan fingerprint density at radius 1 is 1.13 bits per heavy atom. The Balaban J connectivity index is 2.03. The second-order valence-corrected chi connectivity index (χ2v) is 9.70. The molecule has 6 nitrogen and oxygen atoms in total. The van der Waals surface area contributed by atoms with Crippen LogP contribution in [-0.2, 0) is 10.2 Å². The fourth-order valence-corrected chi connectivity index (χ4v) is 5.69. The molecule has 0 radical (unpaired) electrons. The Morgan fingerprint density at radius 2 is 1.84 bits per heavy atom. The molecule has 1 amide bonds. The highest BCUT2D eigenvalue weighted by Crippen LogP contribution is 2.54. The molecule has 0 saturated carbocycles. The van der Waals surface area contributed by atoms with Crippen LogP contribution in [0.5, 0.6) is 5.75 Å². The van der Waals surface area contributed by atoms with Gasteiger partial charge in [0.2, 0.25) is 0 Å². The van der Waals surface area contributed by atoms with Crippen molar-refractivity contribution in [3.05, 3.63) is 99.0 Å². The number of carboxylic acids is 1. The SMILES string of the molecule is CCOc1cccc(C(=O)N2[C@@H](C)[C@](C#N)(c3ccc(Cl)cc3F)[C@@H](c3cccc(Cl)c3F)[C@@H]2C(=O)O)c1. The van der Waals surface area contributed by atoms with E-state index >= 15 is 8.78 Å². The van der Waals surface area contributed by atoms with Crippen LogP contribution < -0.4 is 4.74 Å². The van der Waals surface area contributed by atoms with E-state index < -0.39 is 46.9 Å². The van der Waals surface area contributed by atoms with Gasteiger partial charge in [0.15, 0.2) is 0 Å². The lowest BCUT2D eigenvalue weighted by Crippen LogP contribution is -2.46. The number of amides is 1. The number of carbonyl (C=O) groups excluding carboxylic acids is 1. The van der Waals surface area contributed by atoms with Crippen molar-refractivity contribution >= 4 is 35.1 Å². The third-order valence-electron chi connectivity index (χ3n) is 6.94. The number of nitrogens with zero attached hydrogens (tertiary/aromatic N) is 2. The van der Waals surface area contributed by atoms with Crippen LogP contribution in [0.25, 0.3) is 0 Å². The normalized spacial score (nSPS) is 22.7. The van der Waals surface area contributed by atoms with Crippen molar-refractivity contribution in [2.24, 2.45) is 0 Å². The first kappa shape index (κ1) is 27.4. The third-order valence-corrected chi connectivity index (χ3v) is 7.47. The highest BCUT2D eigenvalue weighted by atomic mass is 35.5. The molecule has 0 aromatic heterocycles. The Morgan fingerprint density at radius 3 is 2.47 bits per heavy atom. The number of carboxylic acid groups (broad SMARTS) is 1. The van der Waals surface area contributed by atoms with Crippen LogP contribution in [0, 0.1) is 23.0 Å². The maximum Gasteiger partial charge on any atom is 0.327 e. The van der Waals surface area contributed by atoms with Crippen LogP contribution >= 0.6 is 23.2 Å². The van der Waals surface area contributed by atoms with E-state index in [0.29, 0.717) is 12.4 Å². The predicted octanol–water partition coefficient (Wildman–Crippen LogP) is 6.21. The molecular formula is C28H22Cl2F2N2O4. The van der Waals surface area contributed by atoms with E-state index in [9.17, 15) is 20.0 Å². The lowest BCUT2D eigenvalue weighted by atomic mass is 9.65. The number of benzene rings is 3. The van der Waals surface area contributed by atoms with Gasteiger partial charge in [-0.15, -0.1) is 0 Å². The third kappa shape index (κ3) is 4.36. The summed E-state index contributed by atoms with van der Waals surface area (Å²) in [6.45, 7) is 3.54. The Bertz CT molecular complexity index is 1460. The summed E-state index contributed by atoms with van der Waals surface area (Å²) in [4.78, 5) is 27.7. The summed E-state index contributed by atoms with van der Waals surface area (Å²) in [5, 5.41) is 20.8. The van der Waals surface area contributed by atoms with E-state index in [4.69, 9.17) is 27.9 Å². The average molecular weight is 559 g/mol. The van der Waals surface area contributed by atoms with E-state index in [0.717, 1.165) is 11.0 Å². The van der Waals surface area contributed by atoms with Gasteiger partial charge < -0.3 is 14.7 Å². The summed E-state index contributed by atoms with van der Waals surface area (Å²) in [6.07, 6.45) is 0. The van der Waals surface area contributed by atoms with Gasteiger partial charge in [-0.3, -0.25) is 4.79 Å². The van der Waals surface area contributed by atoms with Crippen LogP contribution in [0.15, 0.2) is 60.7 Å². The number of likely N-dealkylation sites (tertiary alicyclic amines) is 1. The molecule has 0 spiro atoms. The molecule has 1 N–H and O–H groups in total. The molecule has 4 rings (SSSR count). The zero-order chi connectivity index (χ0) is 27.8. The molecule has 4 atom stereocenters. The maximum absolute atomic E-state index is 15.5. The number of carbonyl (C=O) groups is 2. The van der Waals surface area contributed by atoms with Crippen molar-refractivity contribution in [2.45, 2.75) is 37.3 Å². The first-order valence-electron chi connectivity index (χ1n) is 11.7. The Kier molecular flexibility index (Phi) is 7.63. The highest BCUT2D eigenvalue weighted by molar-refractivity contribution is 6.31. The van der Waals surface area contributed by atoms with Gasteiger partial charge in [-0.2, -0.15) is 5.26 Å². The zero-order valence-corrected chi connectivity index (χ0v) is 21.8. The highest BCUT2D eigenvalue weighted by Gasteiger charge is 2.64. The van der Waals surface area contributed by atoms with Gasteiger partial charge in [0.1, 0.15) is 28.8 Å². The fraction of sp³-hybridized carbons (Fsp3) is 0.250. The summed E-state index contributed by atoms with van der Waals surface area (Å²) < 4.78 is 36.4. The number of nitriles is 1. The molecular weight excluding hydrogens is 537 g/mol. The fourth-order valence-electron chi connectivity index (χ4n) is 5.34. The molecule has 1 aliphatic heterocycles. The van der Waals surface area contributed by atoms with E-state index in [-0.39, 0.29) is 26.7 Å². The first-order chi connectivity index (χ1) is 18.1. The van der Waals surface area contributed by atoms with Gasteiger partial charge >= 0.3 is 5.97 Å². The first-order valence-corrected chi connectivity index (χ1v) is 12.4. The van der Waals surface area contributed by atoms with E-state index in [1.54, 1.807) is 19.1 Å². The molecule has 10 heteroatoms. The molecule has 0 unspecified atom stereocenters. The molecule has 196 valence electrons. The minimum absolute atomic E-state index is 0.0472. The number of aliphatic carboxylic acids is 1. The van der Waals surface area contributed by atoms with Gasteiger partial charge in [0, 0.05) is 22.1 Å². The van der Waals surface area contributed by atoms with E-state index in [1.807, 2.05) is 0 Å². The molecule has 1 heterocycles. The quantitative estimate of drug-likeness (QED) is 0.388. The van der Waals surface area contributed by atoms with Gasteiger partial charge in [-0.05, 0) is 55.8 Å². The minimum atomic E-state index is -2.03. The molecule has 1 saturated heterocycles. The van der Waals surface area contributed by atoms with Crippen LogP contribution in [0.2, 0.25) is 10.0 Å². The average Bonchev–Trinajstić information content (AvgIpc) is 3.14. The second-order valence-electron chi connectivity index (χ2n) is 8.86. The Labute approximate surface area is 228 Å². The lowest BCUT2D eigenvalue weighted by molar-refractivity contribution is -0.142. The predicted molar refractivity (Wildman–Crippen MR) is 138 cm³/mol. The second kappa shape index (κ2) is 10.6. The molecule has 1 fully saturated rings. The summed E-state index contributed by atoms with van der Waals surface area (Å²) in [6, 6.07) is 12.8. The largest absolute Gasteiger partial charge is 0.494 e. The smallest absolute Gasteiger partial charge is 0.327 e. The van der Waals surface area contributed by atoms with E-state index in [2.05, 4.69) is 6.07 Å². The van der Waals surface area contributed by atoms with Gasteiger partial charge in [0.05, 0.1) is 23.7 Å². The van der Waals surface area contributed by atoms with E-state index in [1.165, 1.54) is 49.4 Å². The summed E-state index contributed by atoms with van der Waals surface area (Å²) >= 11 is 12.0. The zero-order valence-electron chi connectivity index (χ0n) is 20.3. The maximum atomic E-state index is 15.5. The number of halogens is 4. The number of ether oxygens (including phenoxy) is 1. The van der Waals surface area contributed by atoms with Gasteiger partial charge in [-0.25, -0.2) is 13.6 Å². The van der Waals surface area contributed by atoms with Crippen LogP contribution in [0.1, 0.15) is 41.3 Å². The van der Waals surface area contributed by atoms with Crippen LogP contribution in [0.4, 0.5) is 8.78 Å².